The molecule has 4 heteroatoms. The van der Waals surface area contributed by atoms with E-state index in [9.17, 15) is 4.79 Å². The molecule has 1 aliphatic carbocycles. The van der Waals surface area contributed by atoms with Crippen molar-refractivity contribution in [1.29, 1.82) is 0 Å². The minimum absolute atomic E-state index is 0.197. The minimum Gasteiger partial charge on any atom is -0.353 e. The van der Waals surface area contributed by atoms with Crippen molar-refractivity contribution >= 4 is 5.91 Å². The Morgan fingerprint density at radius 2 is 1.95 bits per heavy atom. The predicted molar refractivity (Wildman–Crippen MR) is 89.9 cm³/mol. The lowest BCUT2D eigenvalue weighted by Crippen LogP contribution is -2.36. The van der Waals surface area contributed by atoms with Crippen LogP contribution < -0.4 is 5.32 Å². The summed E-state index contributed by atoms with van der Waals surface area (Å²) in [5.74, 6) is 0.780. The van der Waals surface area contributed by atoms with Gasteiger partial charge in [-0.3, -0.25) is 9.48 Å². The Morgan fingerprint density at radius 3 is 2.59 bits per heavy atom. The molecule has 1 amide bonds. The maximum Gasteiger partial charge on any atom is 0.220 e. The van der Waals surface area contributed by atoms with E-state index in [0.717, 1.165) is 31.5 Å². The van der Waals surface area contributed by atoms with Gasteiger partial charge in [0.2, 0.25) is 5.91 Å². The van der Waals surface area contributed by atoms with Crippen LogP contribution >= 0.6 is 0 Å². The summed E-state index contributed by atoms with van der Waals surface area (Å²) < 4.78 is 2.09. The molecule has 124 valence electrons. The average molecular weight is 305 g/mol. The molecule has 0 atom stereocenters. The second kappa shape index (κ2) is 7.80. The van der Waals surface area contributed by atoms with Gasteiger partial charge in [0, 0.05) is 24.7 Å². The number of nitrogens with zero attached hydrogens (tertiary/aromatic N) is 2. The Kier molecular flexibility index (Phi) is 6.04. The standard InChI is InChI=1S/C18H31N3O/c1-13(2)12-21-15(4)17(14(3)20-21)10-11-18(22)19-16-8-6-5-7-9-16/h13,16H,5-12H2,1-4H3,(H,19,22). The van der Waals surface area contributed by atoms with Crippen LogP contribution in [0.15, 0.2) is 0 Å². The Labute approximate surface area is 134 Å². The van der Waals surface area contributed by atoms with Crippen LogP contribution in [-0.2, 0) is 17.8 Å². The molecular weight excluding hydrogens is 274 g/mol. The van der Waals surface area contributed by atoms with Gasteiger partial charge in [-0.1, -0.05) is 33.1 Å². The van der Waals surface area contributed by atoms with Crippen LogP contribution in [-0.4, -0.2) is 21.7 Å². The lowest BCUT2D eigenvalue weighted by Gasteiger charge is -2.22. The summed E-state index contributed by atoms with van der Waals surface area (Å²) >= 11 is 0. The van der Waals surface area contributed by atoms with Gasteiger partial charge in [-0.2, -0.15) is 5.10 Å². The summed E-state index contributed by atoms with van der Waals surface area (Å²) in [4.78, 5) is 12.2. The third-order valence-electron chi connectivity index (χ3n) is 4.64. The summed E-state index contributed by atoms with van der Waals surface area (Å²) in [5.41, 5.74) is 3.54. The van der Waals surface area contributed by atoms with Crippen LogP contribution in [0, 0.1) is 19.8 Å². The molecule has 0 aromatic carbocycles. The smallest absolute Gasteiger partial charge is 0.220 e. The topological polar surface area (TPSA) is 46.9 Å². The highest BCUT2D eigenvalue weighted by atomic mass is 16.1. The van der Waals surface area contributed by atoms with Gasteiger partial charge in [0.15, 0.2) is 0 Å². The monoisotopic (exact) mass is 305 g/mol. The molecule has 0 spiro atoms. The fourth-order valence-electron chi connectivity index (χ4n) is 3.40. The number of aryl methyl sites for hydroxylation is 1. The van der Waals surface area contributed by atoms with Crippen molar-refractivity contribution in [2.45, 2.75) is 85.2 Å². The number of rotatable bonds is 6. The van der Waals surface area contributed by atoms with E-state index < -0.39 is 0 Å². The normalized spacial score (nSPS) is 16.2. The molecule has 0 unspecified atom stereocenters. The van der Waals surface area contributed by atoms with E-state index in [2.05, 4.69) is 42.8 Å². The van der Waals surface area contributed by atoms with E-state index in [-0.39, 0.29) is 5.91 Å². The zero-order valence-corrected chi connectivity index (χ0v) is 14.6. The van der Waals surface area contributed by atoms with Crippen molar-refractivity contribution in [1.82, 2.24) is 15.1 Å². The Hall–Kier alpha value is -1.32. The Bertz CT molecular complexity index is 499. The highest BCUT2D eigenvalue weighted by Crippen LogP contribution is 2.19. The molecule has 1 fully saturated rings. The van der Waals surface area contributed by atoms with Gasteiger partial charge in [0.1, 0.15) is 0 Å². The molecule has 0 aliphatic heterocycles. The molecular formula is C18H31N3O. The van der Waals surface area contributed by atoms with Gasteiger partial charge in [-0.05, 0) is 44.6 Å². The summed E-state index contributed by atoms with van der Waals surface area (Å²) in [6.45, 7) is 9.53. The molecule has 0 saturated heterocycles. The summed E-state index contributed by atoms with van der Waals surface area (Å²) in [6.07, 6.45) is 7.50. The number of hydrogen-bond acceptors (Lipinski definition) is 2. The lowest BCUT2D eigenvalue weighted by molar-refractivity contribution is -0.121. The molecule has 1 saturated carbocycles. The van der Waals surface area contributed by atoms with Crippen molar-refractivity contribution in [2.24, 2.45) is 5.92 Å². The third kappa shape index (κ3) is 4.59. The van der Waals surface area contributed by atoms with E-state index >= 15 is 0 Å². The van der Waals surface area contributed by atoms with Crippen LogP contribution in [0.1, 0.15) is 69.3 Å². The number of hydrogen-bond donors (Lipinski definition) is 1. The van der Waals surface area contributed by atoms with E-state index in [4.69, 9.17) is 0 Å². The summed E-state index contributed by atoms with van der Waals surface area (Å²) in [6, 6.07) is 0.409. The van der Waals surface area contributed by atoms with Crippen LogP contribution in [0.25, 0.3) is 0 Å². The SMILES string of the molecule is Cc1nn(CC(C)C)c(C)c1CCC(=O)NC1CCCCC1. The average Bonchev–Trinajstić information content (AvgIpc) is 2.72. The molecule has 0 radical (unpaired) electrons. The van der Waals surface area contributed by atoms with Crippen LogP contribution in [0.5, 0.6) is 0 Å². The Balaban J connectivity index is 1.87. The molecule has 4 nitrogen and oxygen atoms in total. The van der Waals surface area contributed by atoms with Gasteiger partial charge in [0.25, 0.3) is 0 Å². The first-order valence-corrected chi connectivity index (χ1v) is 8.79. The maximum atomic E-state index is 12.2. The molecule has 22 heavy (non-hydrogen) atoms. The van der Waals surface area contributed by atoms with Crippen molar-refractivity contribution in [2.75, 3.05) is 0 Å². The second-order valence-corrected chi connectivity index (χ2v) is 7.13. The van der Waals surface area contributed by atoms with E-state index in [0.29, 0.717) is 18.4 Å². The van der Waals surface area contributed by atoms with Crippen molar-refractivity contribution in [3.05, 3.63) is 17.0 Å². The molecule has 1 N–H and O–H groups in total. The highest BCUT2D eigenvalue weighted by molar-refractivity contribution is 5.76. The van der Waals surface area contributed by atoms with Crippen LogP contribution in [0.4, 0.5) is 0 Å². The number of carbonyl (C=O) groups is 1. The number of carbonyl (C=O) groups excluding carboxylic acids is 1. The van der Waals surface area contributed by atoms with Crippen LogP contribution in [0.2, 0.25) is 0 Å². The third-order valence-corrected chi connectivity index (χ3v) is 4.64. The molecule has 2 rings (SSSR count). The first kappa shape index (κ1) is 17.0. The number of amides is 1. The molecule has 0 bridgehead atoms. The first-order chi connectivity index (χ1) is 10.5. The zero-order chi connectivity index (χ0) is 16.1. The fraction of sp³-hybridized carbons (Fsp3) is 0.778. The van der Waals surface area contributed by atoms with Gasteiger partial charge in [-0.25, -0.2) is 0 Å². The van der Waals surface area contributed by atoms with Crippen molar-refractivity contribution < 1.29 is 4.79 Å². The van der Waals surface area contributed by atoms with Gasteiger partial charge in [-0.15, -0.1) is 0 Å². The molecule has 1 aromatic rings. The fourth-order valence-corrected chi connectivity index (χ4v) is 3.40. The van der Waals surface area contributed by atoms with Gasteiger partial charge < -0.3 is 5.32 Å². The Morgan fingerprint density at radius 1 is 1.27 bits per heavy atom. The van der Waals surface area contributed by atoms with Crippen LogP contribution in [0.3, 0.4) is 0 Å². The summed E-state index contributed by atoms with van der Waals surface area (Å²) in [7, 11) is 0. The number of aromatic nitrogens is 2. The lowest BCUT2D eigenvalue weighted by atomic mass is 9.95. The van der Waals surface area contributed by atoms with E-state index in [1.54, 1.807) is 0 Å². The number of nitrogens with one attached hydrogen (secondary N) is 1. The molecule has 1 aromatic heterocycles. The van der Waals surface area contributed by atoms with E-state index in [1.807, 2.05) is 0 Å². The highest BCUT2D eigenvalue weighted by Gasteiger charge is 2.17. The zero-order valence-electron chi connectivity index (χ0n) is 14.6. The largest absolute Gasteiger partial charge is 0.353 e. The quantitative estimate of drug-likeness (QED) is 0.874. The van der Waals surface area contributed by atoms with Gasteiger partial charge >= 0.3 is 0 Å². The minimum atomic E-state index is 0.197. The second-order valence-electron chi connectivity index (χ2n) is 7.13. The maximum absolute atomic E-state index is 12.2. The predicted octanol–water partition coefficient (Wildman–Crippen LogP) is 3.54. The van der Waals surface area contributed by atoms with Crippen molar-refractivity contribution in [3.8, 4) is 0 Å². The molecule has 1 heterocycles. The molecule has 1 aliphatic rings. The van der Waals surface area contributed by atoms with Gasteiger partial charge in [0.05, 0.1) is 5.69 Å². The van der Waals surface area contributed by atoms with E-state index in [1.165, 1.54) is 30.5 Å². The van der Waals surface area contributed by atoms with Crippen molar-refractivity contribution in [3.63, 3.8) is 0 Å². The summed E-state index contributed by atoms with van der Waals surface area (Å²) in [5, 5.41) is 7.83. The first-order valence-electron chi connectivity index (χ1n) is 8.79.